The normalized spacial score (nSPS) is 11.0. The summed E-state index contributed by atoms with van der Waals surface area (Å²) in [6.45, 7) is 0. The van der Waals surface area contributed by atoms with Gasteiger partial charge in [0.25, 0.3) is 0 Å². The van der Waals surface area contributed by atoms with E-state index in [9.17, 15) is 4.39 Å². The molecule has 7 heteroatoms. The average molecular weight is 337 g/mol. The Morgan fingerprint density at radius 1 is 1.04 bits per heavy atom. The van der Waals surface area contributed by atoms with Crippen LogP contribution in [0, 0.1) is 5.82 Å². The van der Waals surface area contributed by atoms with Crippen LogP contribution in [0.25, 0.3) is 16.6 Å². The van der Waals surface area contributed by atoms with Crippen molar-refractivity contribution in [2.75, 3.05) is 0 Å². The zero-order valence-corrected chi connectivity index (χ0v) is 13.3. The van der Waals surface area contributed by atoms with Gasteiger partial charge in [0.2, 0.25) is 5.16 Å². The molecule has 0 aliphatic heterocycles. The summed E-state index contributed by atoms with van der Waals surface area (Å²) in [4.78, 5) is 4.36. The fourth-order valence-corrected chi connectivity index (χ4v) is 3.34. The van der Waals surface area contributed by atoms with Gasteiger partial charge in [0.1, 0.15) is 5.82 Å². The number of pyridine rings is 1. The first kappa shape index (κ1) is 14.8. The van der Waals surface area contributed by atoms with Gasteiger partial charge in [0.15, 0.2) is 0 Å². The van der Waals surface area contributed by atoms with Gasteiger partial charge in [-0.2, -0.15) is 4.68 Å². The van der Waals surface area contributed by atoms with E-state index in [1.165, 1.54) is 23.9 Å². The summed E-state index contributed by atoms with van der Waals surface area (Å²) >= 11 is 1.45. The minimum Gasteiger partial charge on any atom is -0.256 e. The number of fused-ring (bicyclic) bond motifs is 1. The predicted molar refractivity (Wildman–Crippen MR) is 90.4 cm³/mol. The molecule has 0 aliphatic rings. The van der Waals surface area contributed by atoms with E-state index in [-0.39, 0.29) is 5.82 Å². The second kappa shape index (κ2) is 6.37. The molecule has 2 heterocycles. The molecule has 5 nitrogen and oxygen atoms in total. The Morgan fingerprint density at radius 3 is 2.79 bits per heavy atom. The lowest BCUT2D eigenvalue weighted by Crippen LogP contribution is -1.99. The number of thioether (sulfide) groups is 1. The van der Waals surface area contributed by atoms with Crippen LogP contribution in [0.3, 0.4) is 0 Å². The molecule has 0 N–H and O–H groups in total. The third kappa shape index (κ3) is 2.85. The molecule has 118 valence electrons. The Kier molecular flexibility index (Phi) is 3.92. The van der Waals surface area contributed by atoms with Gasteiger partial charge in [-0.05, 0) is 46.3 Å². The number of hydrogen-bond acceptors (Lipinski definition) is 5. The highest BCUT2D eigenvalue weighted by Gasteiger charge is 2.11. The van der Waals surface area contributed by atoms with Crippen LogP contribution in [0.5, 0.6) is 0 Å². The van der Waals surface area contributed by atoms with Gasteiger partial charge in [-0.1, -0.05) is 36.0 Å². The number of rotatable bonds is 4. The monoisotopic (exact) mass is 337 g/mol. The first-order valence-corrected chi connectivity index (χ1v) is 8.29. The smallest absolute Gasteiger partial charge is 0.214 e. The molecule has 24 heavy (non-hydrogen) atoms. The number of tetrazole rings is 1. The molecule has 2 aromatic heterocycles. The van der Waals surface area contributed by atoms with Gasteiger partial charge < -0.3 is 0 Å². The summed E-state index contributed by atoms with van der Waals surface area (Å²) in [5.41, 5.74) is 2.50. The highest BCUT2D eigenvalue weighted by atomic mass is 32.2. The Bertz CT molecular complexity index is 987. The van der Waals surface area contributed by atoms with Crippen molar-refractivity contribution in [3.05, 3.63) is 72.2 Å². The van der Waals surface area contributed by atoms with Crippen LogP contribution in [0.2, 0.25) is 0 Å². The fraction of sp³-hybridized carbons (Fsp3) is 0.0588. The van der Waals surface area contributed by atoms with Crippen LogP contribution in [-0.4, -0.2) is 25.2 Å². The Hall–Kier alpha value is -2.80. The maximum atomic E-state index is 13.8. The molecule has 0 atom stereocenters. The lowest BCUT2D eigenvalue weighted by molar-refractivity contribution is 0.628. The summed E-state index contributed by atoms with van der Waals surface area (Å²) < 4.78 is 15.5. The minimum atomic E-state index is -0.270. The summed E-state index contributed by atoms with van der Waals surface area (Å²) in [5, 5.41) is 13.3. The topological polar surface area (TPSA) is 56.5 Å². The number of nitrogens with zero attached hydrogens (tertiary/aromatic N) is 5. The zero-order valence-electron chi connectivity index (χ0n) is 12.5. The van der Waals surface area contributed by atoms with E-state index in [2.05, 4.69) is 20.5 Å². The van der Waals surface area contributed by atoms with Crippen molar-refractivity contribution in [3.63, 3.8) is 0 Å². The van der Waals surface area contributed by atoms with Gasteiger partial charge in [-0.15, -0.1) is 5.10 Å². The zero-order chi connectivity index (χ0) is 16.4. The maximum absolute atomic E-state index is 13.8. The molecule has 0 fully saturated rings. The SMILES string of the molecule is Fc1cc(CSc2nnnn2-c2ccccc2)c2ncccc2c1. The molecule has 4 aromatic rings. The van der Waals surface area contributed by atoms with E-state index in [0.29, 0.717) is 10.9 Å². The van der Waals surface area contributed by atoms with E-state index in [4.69, 9.17) is 0 Å². The van der Waals surface area contributed by atoms with Crippen molar-refractivity contribution >= 4 is 22.7 Å². The molecule has 0 saturated heterocycles. The summed E-state index contributed by atoms with van der Waals surface area (Å²) in [6.07, 6.45) is 1.71. The molecule has 0 unspecified atom stereocenters. The van der Waals surface area contributed by atoms with Gasteiger partial charge in [-0.3, -0.25) is 4.98 Å². The summed E-state index contributed by atoms with van der Waals surface area (Å²) in [6, 6.07) is 16.3. The number of aromatic nitrogens is 5. The summed E-state index contributed by atoms with van der Waals surface area (Å²) in [7, 11) is 0. The molecule has 2 aromatic carbocycles. The van der Waals surface area contributed by atoms with Crippen LogP contribution >= 0.6 is 11.8 Å². The van der Waals surface area contributed by atoms with Gasteiger partial charge in [0.05, 0.1) is 11.2 Å². The molecule has 4 rings (SSSR count). The highest BCUT2D eigenvalue weighted by molar-refractivity contribution is 7.98. The van der Waals surface area contributed by atoms with Crippen LogP contribution in [-0.2, 0) is 5.75 Å². The summed E-state index contributed by atoms with van der Waals surface area (Å²) in [5.74, 6) is 0.257. The molecule has 0 spiro atoms. The Balaban J connectivity index is 1.64. The van der Waals surface area contributed by atoms with E-state index in [1.54, 1.807) is 16.9 Å². The maximum Gasteiger partial charge on any atom is 0.214 e. The first-order valence-electron chi connectivity index (χ1n) is 7.31. The standard InChI is InChI=1S/C17H12FN5S/c18-14-9-12-5-4-8-19-16(12)13(10-14)11-24-17-20-21-22-23(17)15-6-2-1-3-7-15/h1-10H,11H2. The van der Waals surface area contributed by atoms with E-state index in [0.717, 1.165) is 22.2 Å². The van der Waals surface area contributed by atoms with Crippen molar-refractivity contribution in [1.82, 2.24) is 25.2 Å². The fourth-order valence-electron chi connectivity index (χ4n) is 2.48. The van der Waals surface area contributed by atoms with Crippen molar-refractivity contribution in [1.29, 1.82) is 0 Å². The number of para-hydroxylation sites is 1. The van der Waals surface area contributed by atoms with Crippen molar-refractivity contribution in [3.8, 4) is 5.69 Å². The highest BCUT2D eigenvalue weighted by Crippen LogP contribution is 2.26. The second-order valence-corrected chi connectivity index (χ2v) is 6.08. The largest absolute Gasteiger partial charge is 0.256 e. The third-order valence-electron chi connectivity index (χ3n) is 3.55. The van der Waals surface area contributed by atoms with Gasteiger partial charge in [-0.25, -0.2) is 4.39 Å². The van der Waals surface area contributed by atoms with Crippen molar-refractivity contribution in [2.45, 2.75) is 10.9 Å². The van der Waals surface area contributed by atoms with Crippen molar-refractivity contribution in [2.24, 2.45) is 0 Å². The molecule has 0 aliphatic carbocycles. The number of benzene rings is 2. The first-order chi connectivity index (χ1) is 11.8. The second-order valence-electron chi connectivity index (χ2n) is 5.14. The number of hydrogen-bond donors (Lipinski definition) is 0. The molecule has 0 bridgehead atoms. The third-order valence-corrected chi connectivity index (χ3v) is 4.52. The Labute approximate surface area is 141 Å². The Morgan fingerprint density at radius 2 is 1.92 bits per heavy atom. The predicted octanol–water partition coefficient (Wildman–Crippen LogP) is 3.64. The lowest BCUT2D eigenvalue weighted by atomic mass is 10.1. The van der Waals surface area contributed by atoms with E-state index in [1.807, 2.05) is 36.4 Å². The van der Waals surface area contributed by atoms with Crippen LogP contribution < -0.4 is 0 Å². The average Bonchev–Trinajstić information content (AvgIpc) is 3.09. The van der Waals surface area contributed by atoms with Crippen LogP contribution in [0.15, 0.2) is 66.0 Å². The lowest BCUT2D eigenvalue weighted by Gasteiger charge is -2.07. The van der Waals surface area contributed by atoms with Crippen LogP contribution in [0.4, 0.5) is 4.39 Å². The minimum absolute atomic E-state index is 0.270. The quantitative estimate of drug-likeness (QED) is 0.532. The number of halogens is 1. The van der Waals surface area contributed by atoms with Gasteiger partial charge in [0, 0.05) is 17.3 Å². The molecular weight excluding hydrogens is 325 g/mol. The molecule has 0 saturated carbocycles. The molecular formula is C17H12FN5S. The molecule has 0 radical (unpaired) electrons. The molecule has 0 amide bonds. The van der Waals surface area contributed by atoms with E-state index < -0.39 is 0 Å². The van der Waals surface area contributed by atoms with Crippen LogP contribution in [0.1, 0.15) is 5.56 Å². The van der Waals surface area contributed by atoms with Gasteiger partial charge >= 0.3 is 0 Å². The van der Waals surface area contributed by atoms with E-state index >= 15 is 0 Å². The van der Waals surface area contributed by atoms with Crippen molar-refractivity contribution < 1.29 is 4.39 Å².